The van der Waals surface area contributed by atoms with Gasteiger partial charge in [0.25, 0.3) is 0 Å². The lowest BCUT2D eigenvalue weighted by Gasteiger charge is -2.26. The summed E-state index contributed by atoms with van der Waals surface area (Å²) >= 11 is 0. The second-order valence-electron chi connectivity index (χ2n) is 6.69. The molecule has 1 fully saturated rings. The lowest BCUT2D eigenvalue weighted by atomic mass is 9.81. The highest BCUT2D eigenvalue weighted by atomic mass is 16.6. The van der Waals surface area contributed by atoms with Crippen LogP contribution in [0.2, 0.25) is 0 Å². The first-order chi connectivity index (χ1) is 11.2. The molecule has 1 heterocycles. The predicted molar refractivity (Wildman–Crippen MR) is 88.7 cm³/mol. The highest BCUT2D eigenvalue weighted by molar-refractivity contribution is 6.23. The first-order valence-electron chi connectivity index (χ1n) is 7.96. The fraction of sp³-hybridized carbons (Fsp3) is 0.200. The summed E-state index contributed by atoms with van der Waals surface area (Å²) in [5, 5.41) is 27.9. The Morgan fingerprint density at radius 1 is 0.826 bits per heavy atom. The molecule has 6 rings (SSSR count). The Labute approximate surface area is 132 Å². The minimum Gasteiger partial charge on any atom is -0.387 e. The van der Waals surface area contributed by atoms with Crippen LogP contribution in [0.1, 0.15) is 23.3 Å². The van der Waals surface area contributed by atoms with Gasteiger partial charge < -0.3 is 14.9 Å². The fourth-order valence-electron chi connectivity index (χ4n) is 4.40. The third kappa shape index (κ3) is 1.36. The van der Waals surface area contributed by atoms with Crippen molar-refractivity contribution in [1.82, 2.24) is 0 Å². The van der Waals surface area contributed by atoms with E-state index in [1.807, 2.05) is 0 Å². The molecule has 0 radical (unpaired) electrons. The quantitative estimate of drug-likeness (QED) is 0.386. The number of rotatable bonds is 0. The first kappa shape index (κ1) is 12.3. The van der Waals surface area contributed by atoms with Gasteiger partial charge in [-0.15, -0.1) is 0 Å². The largest absolute Gasteiger partial charge is 0.387 e. The predicted octanol–water partition coefficient (Wildman–Crippen LogP) is 3.43. The van der Waals surface area contributed by atoms with Crippen LogP contribution in [0.5, 0.6) is 0 Å². The molecule has 0 saturated carbocycles. The maximum atomic E-state index is 10.6. The Balaban J connectivity index is 1.86. The molecule has 0 bridgehead atoms. The molecule has 1 aliphatic carbocycles. The Morgan fingerprint density at radius 2 is 1.57 bits per heavy atom. The fourth-order valence-corrected chi connectivity index (χ4v) is 4.40. The van der Waals surface area contributed by atoms with Crippen LogP contribution in [0, 0.1) is 0 Å². The van der Waals surface area contributed by atoms with Gasteiger partial charge in [-0.25, -0.2) is 0 Å². The van der Waals surface area contributed by atoms with E-state index in [0.717, 1.165) is 16.5 Å². The molecule has 23 heavy (non-hydrogen) atoms. The van der Waals surface area contributed by atoms with Gasteiger partial charge in [-0.05, 0) is 49.5 Å². The molecule has 4 aromatic rings. The molecule has 0 spiro atoms. The van der Waals surface area contributed by atoms with Crippen LogP contribution in [0.4, 0.5) is 0 Å². The highest BCUT2D eigenvalue weighted by Gasteiger charge is 2.54. The lowest BCUT2D eigenvalue weighted by molar-refractivity contribution is 0.000843. The van der Waals surface area contributed by atoms with E-state index in [9.17, 15) is 10.2 Å². The van der Waals surface area contributed by atoms with E-state index in [1.165, 1.54) is 26.9 Å². The topological polar surface area (TPSA) is 53.0 Å². The number of ether oxygens (including phenoxy) is 1. The van der Waals surface area contributed by atoms with Crippen molar-refractivity contribution < 1.29 is 14.9 Å². The molecule has 0 aromatic heterocycles. The van der Waals surface area contributed by atoms with Crippen LogP contribution < -0.4 is 0 Å². The Hall–Kier alpha value is -2.20. The van der Waals surface area contributed by atoms with E-state index in [0.29, 0.717) is 0 Å². The van der Waals surface area contributed by atoms with E-state index in [-0.39, 0.29) is 12.2 Å². The average Bonchev–Trinajstić information content (AvgIpc) is 3.38. The Morgan fingerprint density at radius 3 is 2.39 bits per heavy atom. The summed E-state index contributed by atoms with van der Waals surface area (Å²) in [5.74, 6) is 0. The average molecular weight is 302 g/mol. The molecular formula is C20H14O3. The second kappa shape index (κ2) is 3.82. The summed E-state index contributed by atoms with van der Waals surface area (Å²) in [7, 11) is 0. The normalized spacial score (nSPS) is 29.1. The summed E-state index contributed by atoms with van der Waals surface area (Å²) < 4.78 is 5.60. The van der Waals surface area contributed by atoms with Crippen molar-refractivity contribution in [2.24, 2.45) is 0 Å². The number of aliphatic hydroxyl groups excluding tert-OH is 2. The molecule has 3 nitrogen and oxygen atoms in total. The minimum absolute atomic E-state index is 0.0784. The van der Waals surface area contributed by atoms with E-state index >= 15 is 0 Å². The molecule has 2 unspecified atom stereocenters. The summed E-state index contributed by atoms with van der Waals surface area (Å²) in [4.78, 5) is 0. The number of hydrogen-bond donors (Lipinski definition) is 2. The molecular weight excluding hydrogens is 288 g/mol. The number of benzene rings is 4. The zero-order valence-corrected chi connectivity index (χ0v) is 12.2. The smallest absolute Gasteiger partial charge is 0.118 e. The van der Waals surface area contributed by atoms with Gasteiger partial charge in [0.05, 0.1) is 0 Å². The van der Waals surface area contributed by atoms with Crippen molar-refractivity contribution in [2.75, 3.05) is 0 Å². The van der Waals surface area contributed by atoms with Gasteiger partial charge in [0.15, 0.2) is 0 Å². The van der Waals surface area contributed by atoms with Gasteiger partial charge in [-0.3, -0.25) is 0 Å². The van der Waals surface area contributed by atoms with Gasteiger partial charge in [0, 0.05) is 0 Å². The maximum Gasteiger partial charge on any atom is 0.118 e. The van der Waals surface area contributed by atoms with Gasteiger partial charge in [0.1, 0.15) is 24.4 Å². The van der Waals surface area contributed by atoms with Gasteiger partial charge in [0.2, 0.25) is 0 Å². The third-order valence-corrected chi connectivity index (χ3v) is 5.51. The third-order valence-electron chi connectivity index (χ3n) is 5.51. The molecule has 4 atom stereocenters. The number of fused-ring (bicyclic) bond motifs is 4. The molecule has 112 valence electrons. The van der Waals surface area contributed by atoms with Crippen LogP contribution in [-0.2, 0) is 4.74 Å². The summed E-state index contributed by atoms with van der Waals surface area (Å²) in [6.07, 6.45) is -2.07. The summed E-state index contributed by atoms with van der Waals surface area (Å²) in [5.41, 5.74) is 1.86. The van der Waals surface area contributed by atoms with Gasteiger partial charge >= 0.3 is 0 Å². The monoisotopic (exact) mass is 302 g/mol. The number of aliphatic hydroxyl groups is 2. The van der Waals surface area contributed by atoms with Crippen molar-refractivity contribution >= 4 is 32.3 Å². The molecule has 2 aliphatic rings. The molecule has 1 saturated heterocycles. The van der Waals surface area contributed by atoms with Crippen molar-refractivity contribution in [3.05, 3.63) is 59.7 Å². The van der Waals surface area contributed by atoms with Crippen LogP contribution >= 0.6 is 0 Å². The SMILES string of the molecule is OC1c2c(cc3ccc4cccc5ccc2c3c45)C2O[C@@H]2[C@@H]1O. The van der Waals surface area contributed by atoms with E-state index in [1.54, 1.807) is 0 Å². The van der Waals surface area contributed by atoms with Crippen molar-refractivity contribution in [3.8, 4) is 0 Å². The zero-order valence-electron chi connectivity index (χ0n) is 12.2. The molecule has 2 N–H and O–H groups in total. The van der Waals surface area contributed by atoms with Gasteiger partial charge in [-0.1, -0.05) is 42.5 Å². The van der Waals surface area contributed by atoms with E-state index in [4.69, 9.17) is 4.74 Å². The minimum atomic E-state index is -0.890. The standard InChI is InChI=1S/C20H14O3/c21-17-16-12-7-6-10-3-1-2-9-4-5-11(15(12)14(9)10)8-13(16)19-20(23-19)18(17)22/h1-8,17-22H/t17?,18-,19?,20-/m1/s1. The number of hydrogen-bond acceptors (Lipinski definition) is 3. The van der Waals surface area contributed by atoms with Crippen LogP contribution in [0.15, 0.2) is 48.5 Å². The summed E-state index contributed by atoms with van der Waals surface area (Å²) in [6.45, 7) is 0. The first-order valence-corrected chi connectivity index (χ1v) is 7.96. The zero-order chi connectivity index (χ0) is 15.3. The number of epoxide rings is 1. The van der Waals surface area contributed by atoms with E-state index in [2.05, 4.69) is 48.5 Å². The molecule has 0 amide bonds. The van der Waals surface area contributed by atoms with Crippen LogP contribution in [-0.4, -0.2) is 22.4 Å². The summed E-state index contributed by atoms with van der Waals surface area (Å²) in [6, 6.07) is 16.9. The molecule has 4 aromatic carbocycles. The van der Waals surface area contributed by atoms with Crippen LogP contribution in [0.3, 0.4) is 0 Å². The maximum absolute atomic E-state index is 10.6. The Kier molecular flexibility index (Phi) is 2.03. The van der Waals surface area contributed by atoms with Gasteiger partial charge in [-0.2, -0.15) is 0 Å². The Bertz CT molecular complexity index is 1080. The lowest BCUT2D eigenvalue weighted by Crippen LogP contribution is -2.29. The molecule has 1 aliphatic heterocycles. The second-order valence-corrected chi connectivity index (χ2v) is 6.69. The molecule has 3 heteroatoms. The highest BCUT2D eigenvalue weighted by Crippen LogP contribution is 2.53. The van der Waals surface area contributed by atoms with E-state index < -0.39 is 12.2 Å². The van der Waals surface area contributed by atoms with Crippen molar-refractivity contribution in [1.29, 1.82) is 0 Å². The van der Waals surface area contributed by atoms with Crippen LogP contribution in [0.25, 0.3) is 32.3 Å². The van der Waals surface area contributed by atoms with Crippen molar-refractivity contribution in [3.63, 3.8) is 0 Å². The van der Waals surface area contributed by atoms with Crippen molar-refractivity contribution in [2.45, 2.75) is 24.4 Å².